The topological polar surface area (TPSA) is 71.2 Å². The maximum absolute atomic E-state index is 12.0. The summed E-state index contributed by atoms with van der Waals surface area (Å²) in [6.07, 6.45) is 0. The average Bonchev–Trinajstić information content (AvgIpc) is 2.47. The van der Waals surface area contributed by atoms with Gasteiger partial charge in [0.05, 0.1) is 13.2 Å². The SMILES string of the molecule is COc1cccc(C(C)NC(=O)c2cccc(=O)[nH]2)c1. The van der Waals surface area contributed by atoms with E-state index in [-0.39, 0.29) is 23.2 Å². The largest absolute Gasteiger partial charge is 0.497 e. The fourth-order valence-electron chi connectivity index (χ4n) is 1.85. The van der Waals surface area contributed by atoms with Crippen molar-refractivity contribution in [1.82, 2.24) is 10.3 Å². The molecule has 0 radical (unpaired) electrons. The Hall–Kier alpha value is -2.56. The quantitative estimate of drug-likeness (QED) is 0.892. The van der Waals surface area contributed by atoms with E-state index in [9.17, 15) is 9.59 Å². The van der Waals surface area contributed by atoms with E-state index >= 15 is 0 Å². The van der Waals surface area contributed by atoms with Crippen molar-refractivity contribution in [2.75, 3.05) is 7.11 Å². The van der Waals surface area contributed by atoms with E-state index in [0.717, 1.165) is 11.3 Å². The number of carbonyl (C=O) groups excluding carboxylic acids is 1. The maximum Gasteiger partial charge on any atom is 0.268 e. The fraction of sp³-hybridized carbons (Fsp3) is 0.200. The number of amides is 1. The van der Waals surface area contributed by atoms with Gasteiger partial charge >= 0.3 is 0 Å². The van der Waals surface area contributed by atoms with E-state index in [1.54, 1.807) is 19.2 Å². The average molecular weight is 272 g/mol. The number of aromatic amines is 1. The number of H-pyrrole nitrogens is 1. The summed E-state index contributed by atoms with van der Waals surface area (Å²) in [6.45, 7) is 1.87. The molecule has 2 rings (SSSR count). The minimum Gasteiger partial charge on any atom is -0.497 e. The van der Waals surface area contributed by atoms with Crippen molar-refractivity contribution in [3.63, 3.8) is 0 Å². The number of rotatable bonds is 4. The molecule has 1 amide bonds. The molecule has 0 aliphatic rings. The summed E-state index contributed by atoms with van der Waals surface area (Å²) in [5.74, 6) is 0.412. The van der Waals surface area contributed by atoms with Gasteiger partial charge in [-0.15, -0.1) is 0 Å². The molecule has 0 aliphatic heterocycles. The molecule has 1 heterocycles. The van der Waals surface area contributed by atoms with Crippen LogP contribution in [0.2, 0.25) is 0 Å². The summed E-state index contributed by atoms with van der Waals surface area (Å²) in [5.41, 5.74) is 0.870. The number of nitrogens with one attached hydrogen (secondary N) is 2. The molecule has 1 aromatic heterocycles. The van der Waals surface area contributed by atoms with Crippen LogP contribution in [-0.2, 0) is 0 Å². The molecule has 0 aliphatic carbocycles. The van der Waals surface area contributed by atoms with E-state index < -0.39 is 0 Å². The predicted molar refractivity (Wildman–Crippen MR) is 75.9 cm³/mol. The molecule has 0 bridgehead atoms. The molecular weight excluding hydrogens is 256 g/mol. The highest BCUT2D eigenvalue weighted by Crippen LogP contribution is 2.18. The highest BCUT2D eigenvalue weighted by molar-refractivity contribution is 5.92. The molecule has 5 nitrogen and oxygen atoms in total. The maximum atomic E-state index is 12.0. The molecule has 1 atom stereocenters. The van der Waals surface area contributed by atoms with Gasteiger partial charge in [0.25, 0.3) is 5.91 Å². The van der Waals surface area contributed by atoms with Crippen molar-refractivity contribution in [1.29, 1.82) is 0 Å². The standard InChI is InChI=1S/C15H16N2O3/c1-10(11-5-3-6-12(9-11)20-2)16-15(19)13-7-4-8-14(18)17-13/h3-10H,1-2H3,(H,16,19)(H,17,18). The lowest BCUT2D eigenvalue weighted by atomic mass is 10.1. The van der Waals surface area contributed by atoms with Crippen molar-refractivity contribution in [3.05, 3.63) is 64.1 Å². The molecule has 2 N–H and O–H groups in total. The fourth-order valence-corrected chi connectivity index (χ4v) is 1.85. The normalized spacial score (nSPS) is 11.7. The second-order valence-corrected chi connectivity index (χ2v) is 4.40. The predicted octanol–water partition coefficient (Wildman–Crippen LogP) is 1.87. The van der Waals surface area contributed by atoms with Gasteiger partial charge in [0.15, 0.2) is 0 Å². The summed E-state index contributed by atoms with van der Waals surface area (Å²) in [7, 11) is 1.59. The zero-order valence-electron chi connectivity index (χ0n) is 11.3. The van der Waals surface area contributed by atoms with Crippen molar-refractivity contribution < 1.29 is 9.53 Å². The van der Waals surface area contributed by atoms with Gasteiger partial charge in [-0.2, -0.15) is 0 Å². The number of methoxy groups -OCH3 is 1. The Bertz CT molecular complexity index is 664. The Kier molecular flexibility index (Phi) is 4.20. The summed E-state index contributed by atoms with van der Waals surface area (Å²) in [5, 5.41) is 2.83. The first kappa shape index (κ1) is 13.9. The second-order valence-electron chi connectivity index (χ2n) is 4.40. The zero-order valence-corrected chi connectivity index (χ0v) is 11.3. The Morgan fingerprint density at radius 1 is 1.25 bits per heavy atom. The number of ether oxygens (including phenoxy) is 1. The lowest BCUT2D eigenvalue weighted by molar-refractivity contribution is 0.0934. The molecule has 0 spiro atoms. The van der Waals surface area contributed by atoms with Crippen molar-refractivity contribution in [2.24, 2.45) is 0 Å². The van der Waals surface area contributed by atoms with E-state index in [0.29, 0.717) is 0 Å². The Labute approximate surface area is 116 Å². The lowest BCUT2D eigenvalue weighted by Crippen LogP contribution is -2.28. The second kappa shape index (κ2) is 6.06. The van der Waals surface area contributed by atoms with Crippen LogP contribution >= 0.6 is 0 Å². The first-order chi connectivity index (χ1) is 9.60. The van der Waals surface area contributed by atoms with Crippen LogP contribution in [0.3, 0.4) is 0 Å². The lowest BCUT2D eigenvalue weighted by Gasteiger charge is -2.15. The first-order valence-electron chi connectivity index (χ1n) is 6.24. The van der Waals surface area contributed by atoms with Gasteiger partial charge in [0.2, 0.25) is 5.56 Å². The number of benzene rings is 1. The van der Waals surface area contributed by atoms with E-state index in [1.165, 1.54) is 6.07 Å². The molecular formula is C15H16N2O3. The number of hydrogen-bond acceptors (Lipinski definition) is 3. The molecule has 104 valence electrons. The highest BCUT2D eigenvalue weighted by atomic mass is 16.5. The monoisotopic (exact) mass is 272 g/mol. The third-order valence-corrected chi connectivity index (χ3v) is 2.95. The minimum absolute atomic E-state index is 0.193. The Morgan fingerprint density at radius 2 is 2.00 bits per heavy atom. The van der Waals surface area contributed by atoms with Crippen LogP contribution in [0.25, 0.3) is 0 Å². The molecule has 0 fully saturated rings. The number of pyridine rings is 1. The van der Waals surface area contributed by atoms with Gasteiger partial charge in [-0.25, -0.2) is 0 Å². The van der Waals surface area contributed by atoms with E-state index in [1.807, 2.05) is 31.2 Å². The summed E-state index contributed by atoms with van der Waals surface area (Å²) in [4.78, 5) is 25.7. The molecule has 2 aromatic rings. The molecule has 1 aromatic carbocycles. The van der Waals surface area contributed by atoms with E-state index in [2.05, 4.69) is 10.3 Å². The van der Waals surface area contributed by atoms with Crippen LogP contribution in [0.15, 0.2) is 47.3 Å². The van der Waals surface area contributed by atoms with Crippen LogP contribution < -0.4 is 15.6 Å². The summed E-state index contributed by atoms with van der Waals surface area (Å²) >= 11 is 0. The number of hydrogen-bond donors (Lipinski definition) is 2. The first-order valence-corrected chi connectivity index (χ1v) is 6.24. The molecule has 20 heavy (non-hydrogen) atoms. The Morgan fingerprint density at radius 3 is 2.70 bits per heavy atom. The van der Waals surface area contributed by atoms with Gasteiger partial charge in [0.1, 0.15) is 11.4 Å². The third kappa shape index (κ3) is 3.26. The smallest absolute Gasteiger partial charge is 0.268 e. The molecule has 0 saturated heterocycles. The summed E-state index contributed by atoms with van der Waals surface area (Å²) < 4.78 is 5.15. The van der Waals surface area contributed by atoms with E-state index in [4.69, 9.17) is 4.74 Å². The third-order valence-electron chi connectivity index (χ3n) is 2.95. The van der Waals surface area contributed by atoms with Crippen LogP contribution in [0.4, 0.5) is 0 Å². The van der Waals surface area contributed by atoms with Crippen molar-refractivity contribution in [2.45, 2.75) is 13.0 Å². The van der Waals surface area contributed by atoms with Crippen LogP contribution in [0.1, 0.15) is 29.0 Å². The number of carbonyl (C=O) groups is 1. The van der Waals surface area contributed by atoms with Crippen LogP contribution in [0.5, 0.6) is 5.75 Å². The van der Waals surface area contributed by atoms with Crippen LogP contribution in [0, 0.1) is 0 Å². The minimum atomic E-state index is -0.321. The summed E-state index contributed by atoms with van der Waals surface area (Å²) in [6, 6.07) is 11.7. The molecule has 0 saturated carbocycles. The zero-order chi connectivity index (χ0) is 14.5. The van der Waals surface area contributed by atoms with Crippen LogP contribution in [-0.4, -0.2) is 18.0 Å². The van der Waals surface area contributed by atoms with Gasteiger partial charge in [-0.1, -0.05) is 18.2 Å². The number of aromatic nitrogens is 1. The van der Waals surface area contributed by atoms with Crippen molar-refractivity contribution >= 4 is 5.91 Å². The van der Waals surface area contributed by atoms with Gasteiger partial charge in [0, 0.05) is 6.07 Å². The van der Waals surface area contributed by atoms with Crippen molar-refractivity contribution in [3.8, 4) is 5.75 Å². The molecule has 1 unspecified atom stereocenters. The van der Waals surface area contributed by atoms with Gasteiger partial charge < -0.3 is 15.0 Å². The highest BCUT2D eigenvalue weighted by Gasteiger charge is 2.12. The molecule has 5 heteroatoms. The van der Waals surface area contributed by atoms with Gasteiger partial charge in [-0.3, -0.25) is 9.59 Å². The van der Waals surface area contributed by atoms with Gasteiger partial charge in [-0.05, 0) is 30.7 Å². The Balaban J connectivity index is 2.12.